The number of rotatable bonds is 6. The van der Waals surface area contributed by atoms with E-state index in [1.807, 2.05) is 35.4 Å². The van der Waals surface area contributed by atoms with Gasteiger partial charge < -0.3 is 9.88 Å². The molecule has 0 spiro atoms. The zero-order valence-electron chi connectivity index (χ0n) is 12.1. The molecule has 0 unspecified atom stereocenters. The summed E-state index contributed by atoms with van der Waals surface area (Å²) in [4.78, 5) is 4.39. The van der Waals surface area contributed by atoms with Gasteiger partial charge in [-0.1, -0.05) is 18.2 Å². The lowest BCUT2D eigenvalue weighted by Crippen LogP contribution is -2.10. The standard InChI is InChI=1S/C16H19N5/c1-2-20-11-9-17-16(20)12-18-15-7-4-3-6-14(15)13-21-10-5-8-19-21/h3-11,18H,2,12-13H2,1H3. The maximum atomic E-state index is 4.39. The van der Waals surface area contributed by atoms with Gasteiger partial charge in [0.1, 0.15) is 5.82 Å². The van der Waals surface area contributed by atoms with E-state index in [1.54, 1.807) is 6.20 Å². The van der Waals surface area contributed by atoms with Crippen molar-refractivity contribution < 1.29 is 0 Å². The fourth-order valence-electron chi connectivity index (χ4n) is 2.37. The molecule has 0 saturated heterocycles. The van der Waals surface area contributed by atoms with Gasteiger partial charge in [-0.15, -0.1) is 0 Å². The average Bonchev–Trinajstić information content (AvgIpc) is 3.17. The van der Waals surface area contributed by atoms with Crippen molar-refractivity contribution in [1.82, 2.24) is 19.3 Å². The first-order valence-electron chi connectivity index (χ1n) is 7.16. The predicted octanol–water partition coefficient (Wildman–Crippen LogP) is 2.76. The minimum atomic E-state index is 0.719. The van der Waals surface area contributed by atoms with E-state index in [9.17, 15) is 0 Å². The number of para-hydroxylation sites is 1. The molecule has 108 valence electrons. The molecule has 5 nitrogen and oxygen atoms in total. The number of nitrogens with one attached hydrogen (secondary N) is 1. The highest BCUT2D eigenvalue weighted by Gasteiger charge is 2.05. The molecule has 3 aromatic rings. The van der Waals surface area contributed by atoms with Crippen LogP contribution in [0.3, 0.4) is 0 Å². The van der Waals surface area contributed by atoms with E-state index in [4.69, 9.17) is 0 Å². The molecular weight excluding hydrogens is 262 g/mol. The van der Waals surface area contributed by atoms with Crippen molar-refractivity contribution in [3.63, 3.8) is 0 Å². The number of imidazole rings is 1. The minimum absolute atomic E-state index is 0.719. The van der Waals surface area contributed by atoms with Crippen LogP contribution in [0.25, 0.3) is 0 Å². The van der Waals surface area contributed by atoms with Crippen molar-refractivity contribution in [2.45, 2.75) is 26.6 Å². The molecular formula is C16H19N5. The summed E-state index contributed by atoms with van der Waals surface area (Å²) in [5.74, 6) is 1.05. The van der Waals surface area contributed by atoms with Crippen LogP contribution in [0.4, 0.5) is 5.69 Å². The predicted molar refractivity (Wildman–Crippen MR) is 83.0 cm³/mol. The Morgan fingerprint density at radius 3 is 2.81 bits per heavy atom. The number of nitrogens with zero attached hydrogens (tertiary/aromatic N) is 4. The Hall–Kier alpha value is -2.56. The zero-order valence-corrected chi connectivity index (χ0v) is 12.1. The first-order valence-corrected chi connectivity index (χ1v) is 7.16. The van der Waals surface area contributed by atoms with E-state index in [-0.39, 0.29) is 0 Å². The van der Waals surface area contributed by atoms with E-state index in [1.165, 1.54) is 5.56 Å². The molecule has 0 aliphatic carbocycles. The third-order valence-corrected chi connectivity index (χ3v) is 3.49. The van der Waals surface area contributed by atoms with Crippen molar-refractivity contribution in [3.05, 3.63) is 66.5 Å². The lowest BCUT2D eigenvalue weighted by atomic mass is 10.1. The topological polar surface area (TPSA) is 47.7 Å². The smallest absolute Gasteiger partial charge is 0.128 e. The molecule has 0 fully saturated rings. The normalized spacial score (nSPS) is 10.7. The summed E-state index contributed by atoms with van der Waals surface area (Å²) in [5, 5.41) is 7.74. The SMILES string of the molecule is CCn1ccnc1CNc1ccccc1Cn1cccn1. The third kappa shape index (κ3) is 3.13. The van der Waals surface area contributed by atoms with E-state index in [0.717, 1.165) is 31.1 Å². The fourth-order valence-corrected chi connectivity index (χ4v) is 2.37. The monoisotopic (exact) mass is 281 g/mol. The molecule has 21 heavy (non-hydrogen) atoms. The van der Waals surface area contributed by atoms with Gasteiger partial charge in [0.05, 0.1) is 13.1 Å². The van der Waals surface area contributed by atoms with Crippen LogP contribution in [0.2, 0.25) is 0 Å². The second-order valence-electron chi connectivity index (χ2n) is 4.84. The minimum Gasteiger partial charge on any atom is -0.378 e. The third-order valence-electron chi connectivity index (χ3n) is 3.49. The lowest BCUT2D eigenvalue weighted by molar-refractivity contribution is 0.685. The quantitative estimate of drug-likeness (QED) is 0.756. The van der Waals surface area contributed by atoms with E-state index in [2.05, 4.69) is 45.1 Å². The Bertz CT molecular complexity index is 684. The van der Waals surface area contributed by atoms with Crippen LogP contribution >= 0.6 is 0 Å². The van der Waals surface area contributed by atoms with Crippen LogP contribution in [0.1, 0.15) is 18.3 Å². The highest BCUT2D eigenvalue weighted by molar-refractivity contribution is 5.51. The summed E-state index contributed by atoms with van der Waals surface area (Å²) >= 11 is 0. The zero-order chi connectivity index (χ0) is 14.5. The number of anilines is 1. The van der Waals surface area contributed by atoms with Gasteiger partial charge in [0.15, 0.2) is 0 Å². The van der Waals surface area contributed by atoms with Gasteiger partial charge in [-0.2, -0.15) is 5.10 Å². The van der Waals surface area contributed by atoms with Crippen LogP contribution in [-0.4, -0.2) is 19.3 Å². The Morgan fingerprint density at radius 1 is 1.10 bits per heavy atom. The molecule has 0 saturated carbocycles. The largest absolute Gasteiger partial charge is 0.378 e. The van der Waals surface area contributed by atoms with Gasteiger partial charge in [0.2, 0.25) is 0 Å². The van der Waals surface area contributed by atoms with Crippen molar-refractivity contribution in [2.24, 2.45) is 0 Å². The Kier molecular flexibility index (Phi) is 4.00. The molecule has 3 rings (SSSR count). The Morgan fingerprint density at radius 2 is 2.00 bits per heavy atom. The van der Waals surface area contributed by atoms with E-state index < -0.39 is 0 Å². The summed E-state index contributed by atoms with van der Waals surface area (Å²) < 4.78 is 4.07. The van der Waals surface area contributed by atoms with Crippen LogP contribution in [-0.2, 0) is 19.6 Å². The molecule has 0 aliphatic rings. The molecule has 0 atom stereocenters. The van der Waals surface area contributed by atoms with Crippen molar-refractivity contribution in [1.29, 1.82) is 0 Å². The van der Waals surface area contributed by atoms with Crippen LogP contribution in [0.5, 0.6) is 0 Å². The summed E-state index contributed by atoms with van der Waals surface area (Å²) in [6.07, 6.45) is 7.62. The maximum absolute atomic E-state index is 4.39. The maximum Gasteiger partial charge on any atom is 0.128 e. The highest BCUT2D eigenvalue weighted by atomic mass is 15.3. The van der Waals surface area contributed by atoms with E-state index >= 15 is 0 Å². The van der Waals surface area contributed by atoms with Gasteiger partial charge in [0, 0.05) is 37.0 Å². The Labute approximate surface area is 124 Å². The lowest BCUT2D eigenvalue weighted by Gasteiger charge is -2.12. The number of benzene rings is 1. The van der Waals surface area contributed by atoms with E-state index in [0.29, 0.717) is 0 Å². The molecule has 1 N–H and O–H groups in total. The number of hydrogen-bond acceptors (Lipinski definition) is 3. The second kappa shape index (κ2) is 6.26. The van der Waals surface area contributed by atoms with Gasteiger partial charge in [0.25, 0.3) is 0 Å². The van der Waals surface area contributed by atoms with Crippen LogP contribution in [0, 0.1) is 0 Å². The Balaban J connectivity index is 1.73. The summed E-state index contributed by atoms with van der Waals surface area (Å²) in [6.45, 7) is 4.54. The summed E-state index contributed by atoms with van der Waals surface area (Å²) in [6, 6.07) is 10.3. The number of aryl methyl sites for hydroxylation is 1. The molecule has 0 aliphatic heterocycles. The summed E-state index contributed by atoms with van der Waals surface area (Å²) in [7, 11) is 0. The second-order valence-corrected chi connectivity index (χ2v) is 4.84. The van der Waals surface area contributed by atoms with Crippen LogP contribution in [0.15, 0.2) is 55.1 Å². The van der Waals surface area contributed by atoms with Gasteiger partial charge >= 0.3 is 0 Å². The summed E-state index contributed by atoms with van der Waals surface area (Å²) in [5.41, 5.74) is 2.34. The number of aromatic nitrogens is 4. The van der Waals surface area contributed by atoms with Gasteiger partial charge in [-0.25, -0.2) is 4.98 Å². The first-order chi connectivity index (χ1) is 10.4. The number of hydrogen-bond donors (Lipinski definition) is 1. The molecule has 2 aromatic heterocycles. The molecule has 0 radical (unpaired) electrons. The molecule has 0 bridgehead atoms. The fraction of sp³-hybridized carbons (Fsp3) is 0.250. The average molecular weight is 281 g/mol. The highest BCUT2D eigenvalue weighted by Crippen LogP contribution is 2.17. The molecule has 2 heterocycles. The molecule has 1 aromatic carbocycles. The van der Waals surface area contributed by atoms with Crippen molar-refractivity contribution in [2.75, 3.05) is 5.32 Å². The van der Waals surface area contributed by atoms with Gasteiger partial charge in [-0.3, -0.25) is 4.68 Å². The van der Waals surface area contributed by atoms with Crippen molar-refractivity contribution >= 4 is 5.69 Å². The molecule has 5 heteroatoms. The van der Waals surface area contributed by atoms with Crippen LogP contribution < -0.4 is 5.32 Å². The van der Waals surface area contributed by atoms with Gasteiger partial charge in [-0.05, 0) is 24.6 Å². The molecule has 0 amide bonds. The van der Waals surface area contributed by atoms with Crippen molar-refractivity contribution in [3.8, 4) is 0 Å². The first kappa shape index (κ1) is 13.4.